The number of hydrogen-bond acceptors (Lipinski definition) is 3. The lowest BCUT2D eigenvalue weighted by molar-refractivity contribution is -0.139. The second-order valence-corrected chi connectivity index (χ2v) is 3.88. The van der Waals surface area contributed by atoms with Gasteiger partial charge in [-0.3, -0.25) is 4.79 Å². The fourth-order valence-corrected chi connectivity index (χ4v) is 1.44. The Bertz CT molecular complexity index is 364. The molecule has 0 fully saturated rings. The van der Waals surface area contributed by atoms with E-state index < -0.39 is 12.0 Å². The predicted octanol–water partition coefficient (Wildman–Crippen LogP) is 1.75. The van der Waals surface area contributed by atoms with Gasteiger partial charge in [-0.2, -0.15) is 0 Å². The van der Waals surface area contributed by atoms with Crippen LogP contribution in [0, 0.1) is 5.92 Å². The molecule has 0 aliphatic carbocycles. The van der Waals surface area contributed by atoms with E-state index in [0.717, 1.165) is 6.42 Å². The van der Waals surface area contributed by atoms with Crippen LogP contribution in [0.5, 0.6) is 5.75 Å². The molecule has 0 bridgehead atoms. The van der Waals surface area contributed by atoms with E-state index in [0.29, 0.717) is 12.2 Å². The van der Waals surface area contributed by atoms with E-state index in [1.165, 1.54) is 0 Å². The summed E-state index contributed by atoms with van der Waals surface area (Å²) in [7, 11) is 0. The molecular formula is C13H17NO3. The molecule has 0 aliphatic rings. The molecule has 17 heavy (non-hydrogen) atoms. The topological polar surface area (TPSA) is 55.4 Å². The molecule has 1 aromatic rings. The molecule has 92 valence electrons. The van der Waals surface area contributed by atoms with Crippen molar-refractivity contribution in [2.45, 2.75) is 26.3 Å². The van der Waals surface area contributed by atoms with Gasteiger partial charge in [0.25, 0.3) is 0 Å². The highest BCUT2D eigenvalue weighted by atomic mass is 16.5. The molecule has 1 amide bonds. The number of nitrogens with one attached hydrogen (secondary N) is 1. The number of carbonyl (C=O) groups is 2. The molecule has 0 saturated carbocycles. The van der Waals surface area contributed by atoms with Crippen molar-refractivity contribution in [1.29, 1.82) is 0 Å². The normalized spacial score (nSPS) is 13.5. The van der Waals surface area contributed by atoms with E-state index in [2.05, 4.69) is 5.32 Å². The molecular weight excluding hydrogens is 218 g/mol. The molecule has 4 heteroatoms. The van der Waals surface area contributed by atoms with Crippen LogP contribution in [0.15, 0.2) is 30.3 Å². The van der Waals surface area contributed by atoms with Gasteiger partial charge in [-0.1, -0.05) is 38.5 Å². The monoisotopic (exact) mass is 235 g/mol. The average molecular weight is 235 g/mol. The van der Waals surface area contributed by atoms with Gasteiger partial charge < -0.3 is 10.1 Å². The van der Waals surface area contributed by atoms with Crippen LogP contribution in [0.2, 0.25) is 0 Å². The zero-order chi connectivity index (χ0) is 12.7. The second-order valence-electron chi connectivity index (χ2n) is 3.88. The number of rotatable bonds is 6. The van der Waals surface area contributed by atoms with E-state index in [4.69, 9.17) is 4.74 Å². The van der Waals surface area contributed by atoms with Gasteiger partial charge in [0.05, 0.1) is 0 Å². The fraction of sp³-hybridized carbons (Fsp3) is 0.385. The Hall–Kier alpha value is -1.84. The highest BCUT2D eigenvalue weighted by Crippen LogP contribution is 2.13. The molecule has 0 saturated heterocycles. The third-order valence-electron chi connectivity index (χ3n) is 2.68. The number of hydrogen-bond donors (Lipinski definition) is 1. The maximum atomic E-state index is 11.9. The summed E-state index contributed by atoms with van der Waals surface area (Å²) in [6.45, 7) is 3.85. The number of para-hydroxylation sites is 1. The standard InChI is InChI=1S/C13H17NO3/c1-3-10(2)12(14-9-15)13(16)17-11-7-5-4-6-8-11/h4-10,12H,3H2,1-2H3,(H,14,15). The van der Waals surface area contributed by atoms with Crippen LogP contribution in [-0.4, -0.2) is 18.4 Å². The van der Waals surface area contributed by atoms with Crippen molar-refractivity contribution < 1.29 is 14.3 Å². The Labute approximate surface area is 101 Å². The van der Waals surface area contributed by atoms with Crippen molar-refractivity contribution in [1.82, 2.24) is 5.32 Å². The number of esters is 1. The highest BCUT2D eigenvalue weighted by Gasteiger charge is 2.25. The van der Waals surface area contributed by atoms with Crippen LogP contribution in [0.1, 0.15) is 20.3 Å². The molecule has 0 aromatic heterocycles. The maximum Gasteiger partial charge on any atom is 0.334 e. The summed E-state index contributed by atoms with van der Waals surface area (Å²) in [6, 6.07) is 8.21. The molecule has 0 aliphatic heterocycles. The smallest absolute Gasteiger partial charge is 0.334 e. The first-order chi connectivity index (χ1) is 8.19. The van der Waals surface area contributed by atoms with E-state index in [1.54, 1.807) is 24.3 Å². The molecule has 1 rings (SSSR count). The zero-order valence-corrected chi connectivity index (χ0v) is 10.1. The second kappa shape index (κ2) is 6.68. The summed E-state index contributed by atoms with van der Waals surface area (Å²) < 4.78 is 5.19. The molecule has 2 atom stereocenters. The number of amides is 1. The Morgan fingerprint density at radius 2 is 2.06 bits per heavy atom. The molecule has 0 heterocycles. The largest absolute Gasteiger partial charge is 0.425 e. The molecule has 4 nitrogen and oxygen atoms in total. The van der Waals surface area contributed by atoms with Crippen molar-refractivity contribution in [2.24, 2.45) is 5.92 Å². The van der Waals surface area contributed by atoms with Crippen LogP contribution in [0.25, 0.3) is 0 Å². The lowest BCUT2D eigenvalue weighted by Gasteiger charge is -2.20. The van der Waals surface area contributed by atoms with Crippen molar-refractivity contribution in [3.8, 4) is 5.75 Å². The lowest BCUT2D eigenvalue weighted by Crippen LogP contribution is -2.43. The van der Waals surface area contributed by atoms with Gasteiger partial charge in [0.1, 0.15) is 11.8 Å². The number of ether oxygens (including phenoxy) is 1. The summed E-state index contributed by atoms with van der Waals surface area (Å²) in [4.78, 5) is 22.3. The summed E-state index contributed by atoms with van der Waals surface area (Å²) in [5.41, 5.74) is 0. The maximum absolute atomic E-state index is 11.9. The molecule has 1 N–H and O–H groups in total. The SMILES string of the molecule is CCC(C)C(NC=O)C(=O)Oc1ccccc1. The van der Waals surface area contributed by atoms with E-state index >= 15 is 0 Å². The Morgan fingerprint density at radius 1 is 1.41 bits per heavy atom. The molecule has 1 aromatic carbocycles. The first-order valence-electron chi connectivity index (χ1n) is 5.65. The van der Waals surface area contributed by atoms with Crippen molar-refractivity contribution in [2.75, 3.05) is 0 Å². The Balaban J connectivity index is 2.68. The van der Waals surface area contributed by atoms with Gasteiger partial charge in [0.2, 0.25) is 6.41 Å². The van der Waals surface area contributed by atoms with Gasteiger partial charge in [0.15, 0.2) is 0 Å². The Morgan fingerprint density at radius 3 is 2.59 bits per heavy atom. The quantitative estimate of drug-likeness (QED) is 0.464. The van der Waals surface area contributed by atoms with Crippen LogP contribution in [0.3, 0.4) is 0 Å². The van der Waals surface area contributed by atoms with E-state index in [1.807, 2.05) is 19.9 Å². The minimum absolute atomic E-state index is 0.0383. The van der Waals surface area contributed by atoms with Crippen molar-refractivity contribution in [3.05, 3.63) is 30.3 Å². The van der Waals surface area contributed by atoms with Gasteiger partial charge in [-0.05, 0) is 18.1 Å². The summed E-state index contributed by atoms with van der Waals surface area (Å²) >= 11 is 0. The van der Waals surface area contributed by atoms with Crippen molar-refractivity contribution >= 4 is 12.4 Å². The number of benzene rings is 1. The van der Waals surface area contributed by atoms with Crippen LogP contribution in [0.4, 0.5) is 0 Å². The first kappa shape index (κ1) is 13.2. The van der Waals surface area contributed by atoms with Gasteiger partial charge >= 0.3 is 5.97 Å². The predicted molar refractivity (Wildman–Crippen MR) is 64.5 cm³/mol. The summed E-state index contributed by atoms with van der Waals surface area (Å²) in [5, 5.41) is 2.50. The summed E-state index contributed by atoms with van der Waals surface area (Å²) in [6.07, 6.45) is 1.32. The summed E-state index contributed by atoms with van der Waals surface area (Å²) in [5.74, 6) is 0.0903. The average Bonchev–Trinajstić information content (AvgIpc) is 2.36. The van der Waals surface area contributed by atoms with Crippen LogP contribution < -0.4 is 10.1 Å². The minimum atomic E-state index is -0.599. The zero-order valence-electron chi connectivity index (χ0n) is 10.1. The Kier molecular flexibility index (Phi) is 5.20. The minimum Gasteiger partial charge on any atom is -0.425 e. The van der Waals surface area contributed by atoms with Crippen LogP contribution >= 0.6 is 0 Å². The third kappa shape index (κ3) is 3.90. The lowest BCUT2D eigenvalue weighted by atomic mass is 9.99. The van der Waals surface area contributed by atoms with Gasteiger partial charge in [0, 0.05) is 0 Å². The highest BCUT2D eigenvalue weighted by molar-refractivity contribution is 5.80. The number of carbonyl (C=O) groups excluding carboxylic acids is 2. The fourth-order valence-electron chi connectivity index (χ4n) is 1.44. The molecule has 0 radical (unpaired) electrons. The molecule has 0 spiro atoms. The first-order valence-corrected chi connectivity index (χ1v) is 5.65. The van der Waals surface area contributed by atoms with Gasteiger partial charge in [-0.25, -0.2) is 4.79 Å². The van der Waals surface area contributed by atoms with E-state index in [-0.39, 0.29) is 5.92 Å². The van der Waals surface area contributed by atoms with Gasteiger partial charge in [-0.15, -0.1) is 0 Å². The van der Waals surface area contributed by atoms with E-state index in [9.17, 15) is 9.59 Å². The van der Waals surface area contributed by atoms with Crippen molar-refractivity contribution in [3.63, 3.8) is 0 Å². The third-order valence-corrected chi connectivity index (χ3v) is 2.68. The van der Waals surface area contributed by atoms with Crippen LogP contribution in [-0.2, 0) is 9.59 Å². The molecule has 2 unspecified atom stereocenters.